The summed E-state index contributed by atoms with van der Waals surface area (Å²) >= 11 is 0. The van der Waals surface area contributed by atoms with Gasteiger partial charge in [0.1, 0.15) is 5.82 Å². The molecule has 0 unspecified atom stereocenters. The molecular weight excluding hydrogens is 221 g/mol. The molecule has 0 spiro atoms. The van der Waals surface area contributed by atoms with Crippen LogP contribution in [0.15, 0.2) is 24.3 Å². The van der Waals surface area contributed by atoms with Gasteiger partial charge in [-0.15, -0.1) is 0 Å². The van der Waals surface area contributed by atoms with E-state index < -0.39 is 0 Å². The molecule has 0 aromatic heterocycles. The SMILES string of the molecule is CC(C)N(C(=O)c1cccc(F)c1)C1COC1. The molecule has 1 fully saturated rings. The van der Waals surface area contributed by atoms with Crippen LogP contribution in [0.2, 0.25) is 0 Å². The Hall–Kier alpha value is -1.42. The summed E-state index contributed by atoms with van der Waals surface area (Å²) in [4.78, 5) is 14.0. The minimum Gasteiger partial charge on any atom is -0.377 e. The van der Waals surface area contributed by atoms with Crippen LogP contribution in [-0.2, 0) is 4.74 Å². The van der Waals surface area contributed by atoms with Crippen molar-refractivity contribution in [3.05, 3.63) is 35.6 Å². The van der Waals surface area contributed by atoms with E-state index in [1.807, 2.05) is 13.8 Å². The summed E-state index contributed by atoms with van der Waals surface area (Å²) in [6, 6.07) is 6.00. The van der Waals surface area contributed by atoms with Gasteiger partial charge < -0.3 is 9.64 Å². The molecule has 0 radical (unpaired) electrons. The van der Waals surface area contributed by atoms with Crippen molar-refractivity contribution in [2.75, 3.05) is 13.2 Å². The largest absolute Gasteiger partial charge is 0.377 e. The molecule has 0 bridgehead atoms. The molecule has 1 aromatic carbocycles. The van der Waals surface area contributed by atoms with Gasteiger partial charge in [-0.05, 0) is 32.0 Å². The van der Waals surface area contributed by atoms with Crippen LogP contribution in [0, 0.1) is 5.82 Å². The normalized spacial score (nSPS) is 15.8. The lowest BCUT2D eigenvalue weighted by Crippen LogP contribution is -2.54. The van der Waals surface area contributed by atoms with Gasteiger partial charge >= 0.3 is 0 Å². The smallest absolute Gasteiger partial charge is 0.254 e. The predicted molar refractivity (Wildman–Crippen MR) is 62.3 cm³/mol. The van der Waals surface area contributed by atoms with Gasteiger partial charge in [0.25, 0.3) is 5.91 Å². The first kappa shape index (κ1) is 12.0. The molecule has 4 heteroatoms. The van der Waals surface area contributed by atoms with Crippen LogP contribution in [0.5, 0.6) is 0 Å². The number of hydrogen-bond donors (Lipinski definition) is 0. The molecule has 0 atom stereocenters. The molecule has 17 heavy (non-hydrogen) atoms. The van der Waals surface area contributed by atoms with E-state index in [9.17, 15) is 9.18 Å². The van der Waals surface area contributed by atoms with Gasteiger partial charge in [-0.1, -0.05) is 6.07 Å². The van der Waals surface area contributed by atoms with E-state index in [-0.39, 0.29) is 23.8 Å². The van der Waals surface area contributed by atoms with E-state index in [0.29, 0.717) is 18.8 Å². The zero-order chi connectivity index (χ0) is 12.4. The second kappa shape index (κ2) is 4.84. The first-order chi connectivity index (χ1) is 8.09. The molecule has 0 aliphatic carbocycles. The Bertz CT molecular complexity index is 416. The number of halogens is 1. The number of hydrogen-bond acceptors (Lipinski definition) is 2. The summed E-state index contributed by atoms with van der Waals surface area (Å²) in [5, 5.41) is 0. The zero-order valence-electron chi connectivity index (χ0n) is 10.0. The first-order valence-electron chi connectivity index (χ1n) is 5.75. The Morgan fingerprint density at radius 1 is 1.47 bits per heavy atom. The van der Waals surface area contributed by atoms with E-state index >= 15 is 0 Å². The van der Waals surface area contributed by atoms with Gasteiger partial charge in [0.2, 0.25) is 0 Å². The molecule has 3 nitrogen and oxygen atoms in total. The molecule has 92 valence electrons. The number of amides is 1. The molecule has 1 aliphatic rings. The highest BCUT2D eigenvalue weighted by Crippen LogP contribution is 2.18. The maximum Gasteiger partial charge on any atom is 0.254 e. The van der Waals surface area contributed by atoms with Crippen molar-refractivity contribution < 1.29 is 13.9 Å². The Morgan fingerprint density at radius 2 is 2.18 bits per heavy atom. The standard InChI is InChI=1S/C13H16FNO2/c1-9(2)15(12-7-17-8-12)13(16)10-4-3-5-11(14)6-10/h3-6,9,12H,7-8H2,1-2H3. The summed E-state index contributed by atoms with van der Waals surface area (Å²) in [6.07, 6.45) is 0. The summed E-state index contributed by atoms with van der Waals surface area (Å²) in [7, 11) is 0. The third-order valence-electron chi connectivity index (χ3n) is 2.88. The molecule has 2 rings (SSSR count). The van der Waals surface area contributed by atoms with Gasteiger partial charge in [0, 0.05) is 11.6 Å². The van der Waals surface area contributed by atoms with Crippen LogP contribution >= 0.6 is 0 Å². The number of ether oxygens (including phenoxy) is 1. The number of rotatable bonds is 3. The number of carbonyl (C=O) groups excluding carboxylic acids is 1. The monoisotopic (exact) mass is 237 g/mol. The van der Waals surface area contributed by atoms with E-state index in [0.717, 1.165) is 0 Å². The Kier molecular flexibility index (Phi) is 3.43. The minimum absolute atomic E-state index is 0.0830. The van der Waals surface area contributed by atoms with Crippen molar-refractivity contribution in [2.45, 2.75) is 25.9 Å². The topological polar surface area (TPSA) is 29.5 Å². The number of benzene rings is 1. The van der Waals surface area contributed by atoms with Crippen molar-refractivity contribution >= 4 is 5.91 Å². The van der Waals surface area contributed by atoms with Crippen molar-refractivity contribution in [1.29, 1.82) is 0 Å². The Balaban J connectivity index is 2.21. The maximum atomic E-state index is 13.1. The minimum atomic E-state index is -0.385. The summed E-state index contributed by atoms with van der Waals surface area (Å²) < 4.78 is 18.2. The molecule has 1 aliphatic heterocycles. The first-order valence-corrected chi connectivity index (χ1v) is 5.75. The molecule has 1 amide bonds. The molecular formula is C13H16FNO2. The Morgan fingerprint density at radius 3 is 2.65 bits per heavy atom. The average molecular weight is 237 g/mol. The van der Waals surface area contributed by atoms with E-state index in [1.165, 1.54) is 12.1 Å². The van der Waals surface area contributed by atoms with E-state index in [1.54, 1.807) is 17.0 Å². The summed E-state index contributed by atoms with van der Waals surface area (Å²) in [5.74, 6) is -0.516. The van der Waals surface area contributed by atoms with E-state index in [2.05, 4.69) is 0 Å². The number of carbonyl (C=O) groups is 1. The second-order valence-electron chi connectivity index (χ2n) is 4.51. The highest BCUT2D eigenvalue weighted by atomic mass is 19.1. The quantitative estimate of drug-likeness (QED) is 0.805. The van der Waals surface area contributed by atoms with Crippen LogP contribution in [0.4, 0.5) is 4.39 Å². The van der Waals surface area contributed by atoms with Crippen LogP contribution in [0.1, 0.15) is 24.2 Å². The van der Waals surface area contributed by atoms with Crippen molar-refractivity contribution in [3.63, 3.8) is 0 Å². The summed E-state index contributed by atoms with van der Waals surface area (Å²) in [6.45, 7) is 5.05. The van der Waals surface area contributed by atoms with Gasteiger partial charge in [0.15, 0.2) is 0 Å². The van der Waals surface area contributed by atoms with Crippen LogP contribution in [-0.4, -0.2) is 36.1 Å². The molecule has 0 saturated carbocycles. The van der Waals surface area contributed by atoms with Gasteiger partial charge in [0.05, 0.1) is 19.3 Å². The van der Waals surface area contributed by atoms with Gasteiger partial charge in [-0.2, -0.15) is 0 Å². The fraction of sp³-hybridized carbons (Fsp3) is 0.462. The van der Waals surface area contributed by atoms with E-state index in [4.69, 9.17) is 4.74 Å². The highest BCUT2D eigenvalue weighted by molar-refractivity contribution is 5.94. The maximum absolute atomic E-state index is 13.1. The second-order valence-corrected chi connectivity index (χ2v) is 4.51. The number of nitrogens with zero attached hydrogens (tertiary/aromatic N) is 1. The highest BCUT2D eigenvalue weighted by Gasteiger charge is 2.32. The van der Waals surface area contributed by atoms with Crippen molar-refractivity contribution in [2.24, 2.45) is 0 Å². The Labute approximate surface area is 100 Å². The lowest BCUT2D eigenvalue weighted by atomic mass is 10.1. The average Bonchev–Trinajstić information content (AvgIpc) is 2.21. The van der Waals surface area contributed by atoms with Crippen LogP contribution in [0.25, 0.3) is 0 Å². The van der Waals surface area contributed by atoms with Crippen molar-refractivity contribution in [3.8, 4) is 0 Å². The third-order valence-corrected chi connectivity index (χ3v) is 2.88. The fourth-order valence-corrected chi connectivity index (χ4v) is 1.98. The third kappa shape index (κ3) is 2.47. The molecule has 1 heterocycles. The fourth-order valence-electron chi connectivity index (χ4n) is 1.98. The molecule has 1 saturated heterocycles. The zero-order valence-corrected chi connectivity index (χ0v) is 10.0. The van der Waals surface area contributed by atoms with Gasteiger partial charge in [-0.25, -0.2) is 4.39 Å². The molecule has 1 aromatic rings. The lowest BCUT2D eigenvalue weighted by molar-refractivity contribution is -0.0622. The predicted octanol–water partition coefficient (Wildman–Crippen LogP) is 2.08. The summed E-state index contributed by atoms with van der Waals surface area (Å²) in [5.41, 5.74) is 0.394. The van der Waals surface area contributed by atoms with Crippen molar-refractivity contribution in [1.82, 2.24) is 4.90 Å². The lowest BCUT2D eigenvalue weighted by Gasteiger charge is -2.40. The van der Waals surface area contributed by atoms with Gasteiger partial charge in [-0.3, -0.25) is 4.79 Å². The van der Waals surface area contributed by atoms with Crippen LogP contribution < -0.4 is 0 Å². The molecule has 0 N–H and O–H groups in total. The van der Waals surface area contributed by atoms with Crippen LogP contribution in [0.3, 0.4) is 0 Å².